The molecule has 1 saturated heterocycles. The van der Waals surface area contributed by atoms with Gasteiger partial charge in [-0.2, -0.15) is 0 Å². The molecule has 2 N–H and O–H groups in total. The minimum atomic E-state index is -3.38. The van der Waals surface area contributed by atoms with Crippen LogP contribution in [0.15, 0.2) is 42.5 Å². The third kappa shape index (κ3) is 5.26. The fourth-order valence-corrected chi connectivity index (χ4v) is 5.22. The highest BCUT2D eigenvalue weighted by atomic mass is 32.2. The summed E-state index contributed by atoms with van der Waals surface area (Å²) >= 11 is 1.60. The Bertz CT molecular complexity index is 1210. The Kier molecular flexibility index (Phi) is 6.01. The van der Waals surface area contributed by atoms with E-state index in [0.29, 0.717) is 17.9 Å². The van der Waals surface area contributed by atoms with Gasteiger partial charge in [-0.05, 0) is 49.2 Å². The van der Waals surface area contributed by atoms with Gasteiger partial charge in [0.15, 0.2) is 5.13 Å². The van der Waals surface area contributed by atoms with Crippen molar-refractivity contribution in [2.45, 2.75) is 12.8 Å². The summed E-state index contributed by atoms with van der Waals surface area (Å²) in [6, 6.07) is 12.5. The molecular formula is C21H24N4O4S2. The summed E-state index contributed by atoms with van der Waals surface area (Å²) in [4.78, 5) is 19.8. The third-order valence-corrected chi connectivity index (χ3v) is 6.77. The van der Waals surface area contributed by atoms with Gasteiger partial charge in [-0.15, -0.1) is 0 Å². The lowest BCUT2D eigenvalue weighted by Crippen LogP contribution is -2.40. The average molecular weight is 461 g/mol. The summed E-state index contributed by atoms with van der Waals surface area (Å²) in [5.41, 5.74) is 1.89. The second-order valence-electron chi connectivity index (χ2n) is 7.56. The highest BCUT2D eigenvalue weighted by molar-refractivity contribution is 7.92. The number of methoxy groups -OCH3 is 1. The van der Waals surface area contributed by atoms with Crippen LogP contribution >= 0.6 is 11.3 Å². The lowest BCUT2D eigenvalue weighted by Gasteiger charge is -2.31. The van der Waals surface area contributed by atoms with Crippen molar-refractivity contribution in [3.63, 3.8) is 0 Å². The molecule has 0 radical (unpaired) electrons. The molecule has 3 aromatic rings. The maximum atomic E-state index is 12.9. The Morgan fingerprint density at radius 3 is 2.81 bits per heavy atom. The van der Waals surface area contributed by atoms with Gasteiger partial charge in [0.1, 0.15) is 5.75 Å². The monoisotopic (exact) mass is 460 g/mol. The molecule has 1 aliphatic heterocycles. The number of benzene rings is 2. The van der Waals surface area contributed by atoms with E-state index in [2.05, 4.69) is 14.9 Å². The van der Waals surface area contributed by atoms with Gasteiger partial charge < -0.3 is 15.0 Å². The maximum absolute atomic E-state index is 12.9. The standard InChI is InChI=1S/C21H24N4O4S2/c1-29-17-8-9-18-19(12-17)30-21(23-18)25-10-4-5-14(13-25)20(26)22-15-6-3-7-16(11-15)24-31(2,27)28/h3,6-9,11-12,14,24H,4-5,10,13H2,1-2H3,(H,22,26). The summed E-state index contributed by atoms with van der Waals surface area (Å²) in [6.07, 6.45) is 2.78. The molecular weight excluding hydrogens is 436 g/mol. The Hall–Kier alpha value is -2.85. The van der Waals surface area contributed by atoms with Gasteiger partial charge in [0, 0.05) is 18.8 Å². The molecule has 31 heavy (non-hydrogen) atoms. The minimum absolute atomic E-state index is 0.0796. The molecule has 1 atom stereocenters. The number of piperidine rings is 1. The predicted octanol–water partition coefficient (Wildman–Crippen LogP) is 3.53. The van der Waals surface area contributed by atoms with E-state index < -0.39 is 10.0 Å². The van der Waals surface area contributed by atoms with E-state index in [1.165, 1.54) is 0 Å². The number of fused-ring (bicyclic) bond motifs is 1. The van der Waals surface area contributed by atoms with Crippen molar-refractivity contribution in [1.29, 1.82) is 0 Å². The summed E-state index contributed by atoms with van der Waals surface area (Å²) in [6.45, 7) is 1.44. The zero-order valence-electron chi connectivity index (χ0n) is 17.3. The molecule has 164 valence electrons. The fourth-order valence-electron chi connectivity index (χ4n) is 3.64. The first-order valence-electron chi connectivity index (χ1n) is 9.89. The second-order valence-corrected chi connectivity index (χ2v) is 10.3. The van der Waals surface area contributed by atoms with Crippen LogP contribution in [0, 0.1) is 5.92 Å². The quantitative estimate of drug-likeness (QED) is 0.584. The van der Waals surface area contributed by atoms with E-state index >= 15 is 0 Å². The number of hydrogen-bond donors (Lipinski definition) is 2. The molecule has 10 heteroatoms. The number of carbonyl (C=O) groups is 1. The zero-order chi connectivity index (χ0) is 22.0. The van der Waals surface area contributed by atoms with Crippen LogP contribution in [0.4, 0.5) is 16.5 Å². The zero-order valence-corrected chi connectivity index (χ0v) is 18.9. The molecule has 2 heterocycles. The van der Waals surface area contributed by atoms with E-state index in [-0.39, 0.29) is 11.8 Å². The lowest BCUT2D eigenvalue weighted by molar-refractivity contribution is -0.120. The van der Waals surface area contributed by atoms with Gasteiger partial charge >= 0.3 is 0 Å². The number of carbonyl (C=O) groups excluding carboxylic acids is 1. The minimum Gasteiger partial charge on any atom is -0.497 e. The Morgan fingerprint density at radius 1 is 1.23 bits per heavy atom. The van der Waals surface area contributed by atoms with Crippen molar-refractivity contribution in [2.75, 3.05) is 41.4 Å². The van der Waals surface area contributed by atoms with Crippen LogP contribution in [-0.2, 0) is 14.8 Å². The molecule has 1 fully saturated rings. The molecule has 4 rings (SSSR count). The van der Waals surface area contributed by atoms with Crippen molar-refractivity contribution < 1.29 is 17.9 Å². The van der Waals surface area contributed by atoms with Gasteiger partial charge in [-0.1, -0.05) is 17.4 Å². The van der Waals surface area contributed by atoms with E-state index in [9.17, 15) is 13.2 Å². The van der Waals surface area contributed by atoms with E-state index in [1.54, 1.807) is 42.7 Å². The van der Waals surface area contributed by atoms with Crippen molar-refractivity contribution in [3.8, 4) is 5.75 Å². The van der Waals surface area contributed by atoms with Crippen molar-refractivity contribution in [1.82, 2.24) is 4.98 Å². The first-order chi connectivity index (χ1) is 14.8. The summed E-state index contributed by atoms with van der Waals surface area (Å²) in [5, 5.41) is 3.82. The van der Waals surface area contributed by atoms with Crippen LogP contribution < -0.4 is 19.7 Å². The predicted molar refractivity (Wildman–Crippen MR) is 125 cm³/mol. The summed E-state index contributed by atoms with van der Waals surface area (Å²) in [5.74, 6) is 0.539. The number of anilines is 3. The number of amides is 1. The molecule has 1 aliphatic rings. The largest absolute Gasteiger partial charge is 0.497 e. The number of rotatable bonds is 6. The normalized spacial score (nSPS) is 16.8. The Labute approximate surface area is 185 Å². The molecule has 1 amide bonds. The molecule has 8 nitrogen and oxygen atoms in total. The Balaban J connectivity index is 1.45. The number of thiazole rings is 1. The first kappa shape index (κ1) is 21.4. The maximum Gasteiger partial charge on any atom is 0.229 e. The molecule has 1 aromatic heterocycles. The van der Waals surface area contributed by atoms with Gasteiger partial charge in [0.2, 0.25) is 15.9 Å². The van der Waals surface area contributed by atoms with Crippen molar-refractivity contribution >= 4 is 54.0 Å². The van der Waals surface area contributed by atoms with Crippen LogP contribution in [0.2, 0.25) is 0 Å². The smallest absolute Gasteiger partial charge is 0.229 e. The summed E-state index contributed by atoms with van der Waals surface area (Å²) < 4.78 is 31.6. The van der Waals surface area contributed by atoms with Crippen molar-refractivity contribution in [2.24, 2.45) is 5.92 Å². The molecule has 2 aromatic carbocycles. The van der Waals surface area contributed by atoms with Crippen molar-refractivity contribution in [3.05, 3.63) is 42.5 Å². The first-order valence-corrected chi connectivity index (χ1v) is 12.6. The number of ether oxygens (including phenoxy) is 1. The highest BCUT2D eigenvalue weighted by Crippen LogP contribution is 2.33. The van der Waals surface area contributed by atoms with Gasteiger partial charge in [0.05, 0.1) is 35.2 Å². The van der Waals surface area contributed by atoms with Crippen LogP contribution in [-0.4, -0.2) is 45.8 Å². The van der Waals surface area contributed by atoms with E-state index in [4.69, 9.17) is 9.72 Å². The van der Waals surface area contributed by atoms with Crippen LogP contribution in [0.25, 0.3) is 10.2 Å². The lowest BCUT2D eigenvalue weighted by atomic mass is 9.97. The number of nitrogens with zero attached hydrogens (tertiary/aromatic N) is 2. The molecule has 0 spiro atoms. The highest BCUT2D eigenvalue weighted by Gasteiger charge is 2.27. The topological polar surface area (TPSA) is 101 Å². The summed E-state index contributed by atoms with van der Waals surface area (Å²) in [7, 11) is -1.74. The molecule has 0 aliphatic carbocycles. The third-order valence-electron chi connectivity index (χ3n) is 5.08. The molecule has 0 bridgehead atoms. The second kappa shape index (κ2) is 8.72. The van der Waals surface area contributed by atoms with E-state index in [1.807, 2.05) is 18.2 Å². The Morgan fingerprint density at radius 2 is 2.03 bits per heavy atom. The molecule has 1 unspecified atom stereocenters. The van der Waals surface area contributed by atoms with Gasteiger partial charge in [-0.3, -0.25) is 9.52 Å². The average Bonchev–Trinajstić information content (AvgIpc) is 3.16. The number of aromatic nitrogens is 1. The SMILES string of the molecule is COc1ccc2nc(N3CCCC(C(=O)Nc4cccc(NS(C)(=O)=O)c4)C3)sc2c1. The van der Waals surface area contributed by atoms with Gasteiger partial charge in [-0.25, -0.2) is 13.4 Å². The molecule has 0 saturated carbocycles. The van der Waals surface area contributed by atoms with Crippen LogP contribution in [0.5, 0.6) is 5.75 Å². The number of nitrogens with one attached hydrogen (secondary N) is 2. The van der Waals surface area contributed by atoms with Crippen LogP contribution in [0.1, 0.15) is 12.8 Å². The number of hydrogen-bond acceptors (Lipinski definition) is 7. The number of sulfonamides is 1. The van der Waals surface area contributed by atoms with Crippen LogP contribution in [0.3, 0.4) is 0 Å². The van der Waals surface area contributed by atoms with Gasteiger partial charge in [0.25, 0.3) is 0 Å². The fraction of sp³-hybridized carbons (Fsp3) is 0.333. The van der Waals surface area contributed by atoms with E-state index in [0.717, 1.165) is 46.7 Å².